The molecule has 1 amide bonds. The third-order valence-electron chi connectivity index (χ3n) is 5.46. The molecule has 172 valence electrons. The second-order valence-electron chi connectivity index (χ2n) is 7.64. The molecule has 0 saturated carbocycles. The van der Waals surface area contributed by atoms with Crippen molar-refractivity contribution in [3.05, 3.63) is 83.7 Å². The van der Waals surface area contributed by atoms with E-state index < -0.39 is 30.0 Å². The molecule has 3 aromatic carbocycles. The van der Waals surface area contributed by atoms with Crippen LogP contribution in [0.1, 0.15) is 11.1 Å². The van der Waals surface area contributed by atoms with Gasteiger partial charge >= 0.3 is 6.36 Å². The summed E-state index contributed by atoms with van der Waals surface area (Å²) in [5.74, 6) is -1.13. The summed E-state index contributed by atoms with van der Waals surface area (Å²) in [4.78, 5) is 13.0. The lowest BCUT2D eigenvalue weighted by atomic mass is 9.77. The summed E-state index contributed by atoms with van der Waals surface area (Å²) in [6.07, 6.45) is -4.83. The molecule has 0 radical (unpaired) electrons. The Balaban J connectivity index is 1.57. The van der Waals surface area contributed by atoms with Crippen LogP contribution in [0, 0.1) is 5.82 Å². The zero-order valence-electron chi connectivity index (χ0n) is 17.2. The second kappa shape index (κ2) is 8.84. The van der Waals surface area contributed by atoms with Crippen LogP contribution in [-0.2, 0) is 21.6 Å². The van der Waals surface area contributed by atoms with Gasteiger partial charge in [0.15, 0.2) is 0 Å². The summed E-state index contributed by atoms with van der Waals surface area (Å²) >= 11 is 0. The van der Waals surface area contributed by atoms with E-state index in [0.717, 1.165) is 6.07 Å². The lowest BCUT2D eigenvalue weighted by molar-refractivity contribution is -0.274. The minimum atomic E-state index is -4.83. The topological polar surface area (TPSA) is 67.8 Å². The van der Waals surface area contributed by atoms with Gasteiger partial charge in [-0.05, 0) is 58.7 Å². The van der Waals surface area contributed by atoms with Crippen LogP contribution < -0.4 is 10.1 Å². The first-order chi connectivity index (χ1) is 15.7. The summed E-state index contributed by atoms with van der Waals surface area (Å²) in [7, 11) is 0. The van der Waals surface area contributed by atoms with Gasteiger partial charge in [-0.15, -0.1) is 13.2 Å². The van der Waals surface area contributed by atoms with Crippen LogP contribution in [0.4, 0.5) is 23.2 Å². The Kier molecular flexibility index (Phi) is 6.09. The highest BCUT2D eigenvalue weighted by Gasteiger charge is 2.47. The summed E-state index contributed by atoms with van der Waals surface area (Å²) in [6.45, 7) is -0.139. The van der Waals surface area contributed by atoms with E-state index in [1.165, 1.54) is 36.4 Å². The average Bonchev–Trinajstić information content (AvgIpc) is 2.74. The SMILES string of the molecule is O=C(Nc1ccc(F)cc1)C1(c2ccc(-c3ccc(OC(F)(F)F)cc3CO)cc2)COC1. The molecular weight excluding hydrogens is 442 g/mol. The summed E-state index contributed by atoms with van der Waals surface area (Å²) < 4.78 is 59.8. The zero-order chi connectivity index (χ0) is 23.6. The summed E-state index contributed by atoms with van der Waals surface area (Å²) in [6, 6.07) is 16.1. The Bertz CT molecular complexity index is 1140. The monoisotopic (exact) mass is 461 g/mol. The van der Waals surface area contributed by atoms with Gasteiger partial charge in [0.2, 0.25) is 5.91 Å². The molecule has 0 atom stereocenters. The molecule has 1 aliphatic rings. The number of rotatable bonds is 6. The molecule has 33 heavy (non-hydrogen) atoms. The number of alkyl halides is 3. The van der Waals surface area contributed by atoms with E-state index in [9.17, 15) is 27.5 Å². The van der Waals surface area contributed by atoms with E-state index in [4.69, 9.17) is 4.74 Å². The maximum absolute atomic E-state index is 13.1. The van der Waals surface area contributed by atoms with Gasteiger partial charge in [-0.1, -0.05) is 30.3 Å². The predicted octanol–water partition coefficient (Wildman–Crippen LogP) is 4.79. The van der Waals surface area contributed by atoms with E-state index in [1.807, 2.05) is 0 Å². The number of halogens is 4. The number of carbonyl (C=O) groups excluding carboxylic acids is 1. The number of aliphatic hydroxyl groups is 1. The number of anilines is 1. The third-order valence-corrected chi connectivity index (χ3v) is 5.46. The minimum absolute atomic E-state index is 0.171. The highest BCUT2D eigenvalue weighted by Crippen LogP contribution is 2.36. The first-order valence-corrected chi connectivity index (χ1v) is 9.95. The molecular formula is C24H19F4NO4. The van der Waals surface area contributed by atoms with Crippen LogP contribution >= 0.6 is 0 Å². The minimum Gasteiger partial charge on any atom is -0.406 e. The first-order valence-electron chi connectivity index (χ1n) is 9.95. The van der Waals surface area contributed by atoms with Crippen LogP contribution in [0.5, 0.6) is 5.75 Å². The molecule has 4 rings (SSSR count). The van der Waals surface area contributed by atoms with Gasteiger partial charge in [-0.3, -0.25) is 4.79 Å². The van der Waals surface area contributed by atoms with Crippen LogP contribution in [-0.4, -0.2) is 30.6 Å². The number of nitrogens with one attached hydrogen (secondary N) is 1. The average molecular weight is 461 g/mol. The Morgan fingerprint density at radius 3 is 2.24 bits per heavy atom. The van der Waals surface area contributed by atoms with Gasteiger partial charge < -0.3 is 19.9 Å². The van der Waals surface area contributed by atoms with Crippen LogP contribution in [0.25, 0.3) is 11.1 Å². The fourth-order valence-electron chi connectivity index (χ4n) is 3.67. The van der Waals surface area contributed by atoms with Crippen LogP contribution in [0.15, 0.2) is 66.7 Å². The van der Waals surface area contributed by atoms with Crippen molar-refractivity contribution in [2.45, 2.75) is 18.4 Å². The number of ether oxygens (including phenoxy) is 2. The van der Waals surface area contributed by atoms with Gasteiger partial charge in [-0.2, -0.15) is 0 Å². The largest absolute Gasteiger partial charge is 0.573 e. The number of carbonyl (C=O) groups is 1. The summed E-state index contributed by atoms with van der Waals surface area (Å²) in [5.41, 5.74) is 1.68. The standard InChI is InChI=1S/C24H19F4NO4/c25-18-5-7-19(8-6-18)29-22(31)23(13-32-14-23)17-3-1-15(2-4-17)21-10-9-20(11-16(21)12-30)33-24(26,27)28/h1-11,30H,12-14H2,(H,29,31). The fourth-order valence-corrected chi connectivity index (χ4v) is 3.67. The number of hydrogen-bond acceptors (Lipinski definition) is 4. The van der Waals surface area contributed by atoms with E-state index in [0.29, 0.717) is 22.4 Å². The molecule has 9 heteroatoms. The molecule has 1 aliphatic heterocycles. The summed E-state index contributed by atoms with van der Waals surface area (Å²) in [5, 5.41) is 12.4. The number of hydrogen-bond donors (Lipinski definition) is 2. The molecule has 3 aromatic rings. The molecule has 0 bridgehead atoms. The van der Waals surface area contributed by atoms with Crippen molar-refractivity contribution >= 4 is 11.6 Å². The van der Waals surface area contributed by atoms with Crippen molar-refractivity contribution in [3.63, 3.8) is 0 Å². The van der Waals surface area contributed by atoms with Crippen molar-refractivity contribution in [1.29, 1.82) is 0 Å². The Morgan fingerprint density at radius 1 is 1.03 bits per heavy atom. The van der Waals surface area contributed by atoms with Gasteiger partial charge in [-0.25, -0.2) is 4.39 Å². The van der Waals surface area contributed by atoms with E-state index in [1.54, 1.807) is 24.3 Å². The maximum atomic E-state index is 13.1. The fraction of sp³-hybridized carbons (Fsp3) is 0.208. The van der Waals surface area contributed by atoms with Crippen LogP contribution in [0.2, 0.25) is 0 Å². The molecule has 0 spiro atoms. The molecule has 1 heterocycles. The molecule has 0 unspecified atom stereocenters. The molecule has 1 fully saturated rings. The van der Waals surface area contributed by atoms with Crippen molar-refractivity contribution in [1.82, 2.24) is 0 Å². The van der Waals surface area contributed by atoms with Gasteiger partial charge in [0, 0.05) is 5.69 Å². The Hall–Kier alpha value is -3.43. The maximum Gasteiger partial charge on any atom is 0.573 e. The Morgan fingerprint density at radius 2 is 1.70 bits per heavy atom. The van der Waals surface area contributed by atoms with Gasteiger partial charge in [0.05, 0.1) is 19.8 Å². The molecule has 1 saturated heterocycles. The smallest absolute Gasteiger partial charge is 0.406 e. The molecule has 5 nitrogen and oxygen atoms in total. The van der Waals surface area contributed by atoms with Crippen molar-refractivity contribution in [3.8, 4) is 16.9 Å². The number of aliphatic hydroxyl groups excluding tert-OH is 1. The predicted molar refractivity (Wildman–Crippen MR) is 112 cm³/mol. The third kappa shape index (κ3) is 4.84. The van der Waals surface area contributed by atoms with E-state index in [2.05, 4.69) is 10.1 Å². The highest BCUT2D eigenvalue weighted by molar-refractivity contribution is 6.00. The van der Waals surface area contributed by atoms with Crippen molar-refractivity contribution in [2.24, 2.45) is 0 Å². The molecule has 0 aromatic heterocycles. The quantitative estimate of drug-likeness (QED) is 0.518. The van der Waals surface area contributed by atoms with Crippen molar-refractivity contribution in [2.75, 3.05) is 18.5 Å². The van der Waals surface area contributed by atoms with E-state index in [-0.39, 0.29) is 24.7 Å². The molecule has 0 aliphatic carbocycles. The lowest BCUT2D eigenvalue weighted by Gasteiger charge is -2.40. The Labute approximate surface area is 186 Å². The second-order valence-corrected chi connectivity index (χ2v) is 7.64. The molecule has 2 N–H and O–H groups in total. The normalized spacial score (nSPS) is 14.9. The van der Waals surface area contributed by atoms with Gasteiger partial charge in [0.25, 0.3) is 0 Å². The first kappa shape index (κ1) is 22.8. The van der Waals surface area contributed by atoms with E-state index >= 15 is 0 Å². The highest BCUT2D eigenvalue weighted by atomic mass is 19.4. The van der Waals surface area contributed by atoms with Crippen molar-refractivity contribution < 1.29 is 36.9 Å². The zero-order valence-corrected chi connectivity index (χ0v) is 17.2. The van der Waals surface area contributed by atoms with Gasteiger partial charge in [0.1, 0.15) is 17.0 Å². The lowest BCUT2D eigenvalue weighted by Crippen LogP contribution is -2.55. The van der Waals surface area contributed by atoms with Crippen LogP contribution in [0.3, 0.4) is 0 Å². The number of amides is 1. The number of benzene rings is 3.